The van der Waals surface area contributed by atoms with Gasteiger partial charge in [-0.2, -0.15) is 0 Å². The number of amides is 2. The highest BCUT2D eigenvalue weighted by Gasteiger charge is 2.48. The van der Waals surface area contributed by atoms with E-state index in [-0.39, 0.29) is 31.2 Å². The van der Waals surface area contributed by atoms with Crippen LogP contribution in [0.15, 0.2) is 42.5 Å². The normalized spacial score (nSPS) is 22.4. The fraction of sp³-hybridized carbons (Fsp3) is 0.304. The maximum Gasteiger partial charge on any atom is 0.246 e. The molecule has 7 nitrogen and oxygen atoms in total. The van der Waals surface area contributed by atoms with Crippen LogP contribution < -0.4 is 9.47 Å². The monoisotopic (exact) mass is 403 g/mol. The second-order valence-electron chi connectivity index (χ2n) is 7.95. The first-order chi connectivity index (χ1) is 14.7. The lowest BCUT2D eigenvalue weighted by Crippen LogP contribution is -2.62. The van der Waals surface area contributed by atoms with Gasteiger partial charge in [0, 0.05) is 29.6 Å². The molecule has 1 fully saturated rings. The lowest BCUT2D eigenvalue weighted by atomic mass is 9.86. The van der Waals surface area contributed by atoms with Crippen molar-refractivity contribution in [1.82, 2.24) is 14.8 Å². The second kappa shape index (κ2) is 6.26. The van der Waals surface area contributed by atoms with Crippen molar-refractivity contribution >= 4 is 22.7 Å². The van der Waals surface area contributed by atoms with E-state index in [1.165, 1.54) is 0 Å². The standard InChI is InChI=1S/C23H21N3O4/c1-2-25-11-20(27)26-17(23(25)28)10-15-14-5-3-4-6-16(14)24-21(15)22(26)13-7-8-18-19(9-13)30-12-29-18/h3-9,17,22,24H,2,10-12H2,1H3/t17-,22+/m0/s1. The minimum atomic E-state index is -0.506. The zero-order valence-corrected chi connectivity index (χ0v) is 16.6. The van der Waals surface area contributed by atoms with Gasteiger partial charge >= 0.3 is 0 Å². The number of rotatable bonds is 2. The van der Waals surface area contributed by atoms with Gasteiger partial charge in [0.25, 0.3) is 0 Å². The Kier molecular flexibility index (Phi) is 3.63. The number of nitrogens with one attached hydrogen (secondary N) is 1. The zero-order chi connectivity index (χ0) is 20.4. The summed E-state index contributed by atoms with van der Waals surface area (Å²) in [6.07, 6.45) is 0.515. The Morgan fingerprint density at radius 3 is 2.80 bits per heavy atom. The molecule has 3 aromatic rings. The number of ether oxygens (including phenoxy) is 2. The molecule has 0 saturated carbocycles. The van der Waals surface area contributed by atoms with E-state index in [1.807, 2.05) is 43.3 Å². The summed E-state index contributed by atoms with van der Waals surface area (Å²) in [6.45, 7) is 2.75. The van der Waals surface area contributed by atoms with Crippen LogP contribution in [0.3, 0.4) is 0 Å². The van der Waals surface area contributed by atoms with Gasteiger partial charge in [0.1, 0.15) is 6.04 Å². The van der Waals surface area contributed by atoms with E-state index in [4.69, 9.17) is 9.47 Å². The van der Waals surface area contributed by atoms with E-state index < -0.39 is 6.04 Å². The number of carbonyl (C=O) groups is 2. The molecule has 2 amide bonds. The quantitative estimate of drug-likeness (QED) is 0.714. The molecule has 7 heteroatoms. The molecule has 30 heavy (non-hydrogen) atoms. The number of fused-ring (bicyclic) bond motifs is 5. The van der Waals surface area contributed by atoms with Gasteiger partial charge in [-0.1, -0.05) is 24.3 Å². The molecule has 1 saturated heterocycles. The summed E-state index contributed by atoms with van der Waals surface area (Å²) in [5.74, 6) is 1.34. The summed E-state index contributed by atoms with van der Waals surface area (Å²) in [5, 5.41) is 1.10. The van der Waals surface area contributed by atoms with Crippen molar-refractivity contribution in [3.05, 3.63) is 59.3 Å². The molecule has 3 aliphatic heterocycles. The van der Waals surface area contributed by atoms with Gasteiger partial charge < -0.3 is 24.3 Å². The molecule has 0 unspecified atom stereocenters. The Labute approximate surface area is 173 Å². The van der Waals surface area contributed by atoms with Crippen molar-refractivity contribution in [3.8, 4) is 11.5 Å². The van der Waals surface area contributed by atoms with Crippen LogP contribution in [0.25, 0.3) is 10.9 Å². The van der Waals surface area contributed by atoms with Gasteiger partial charge in [0.2, 0.25) is 18.6 Å². The lowest BCUT2D eigenvalue weighted by molar-refractivity contribution is -0.158. The number of aromatic amines is 1. The number of likely N-dealkylation sites (N-methyl/N-ethyl adjacent to an activating group) is 1. The van der Waals surface area contributed by atoms with E-state index in [0.29, 0.717) is 24.5 Å². The molecule has 2 atom stereocenters. The van der Waals surface area contributed by atoms with Gasteiger partial charge in [-0.3, -0.25) is 9.59 Å². The van der Waals surface area contributed by atoms with Crippen LogP contribution in [-0.2, 0) is 16.0 Å². The topological polar surface area (TPSA) is 74.9 Å². The summed E-state index contributed by atoms with van der Waals surface area (Å²) in [4.78, 5) is 33.4. The molecule has 2 aromatic carbocycles. The number of carbonyl (C=O) groups excluding carboxylic acids is 2. The van der Waals surface area contributed by atoms with Crippen molar-refractivity contribution < 1.29 is 19.1 Å². The van der Waals surface area contributed by atoms with Gasteiger partial charge in [-0.25, -0.2) is 0 Å². The minimum Gasteiger partial charge on any atom is -0.454 e. The van der Waals surface area contributed by atoms with Crippen LogP contribution in [0.1, 0.15) is 29.8 Å². The highest BCUT2D eigenvalue weighted by molar-refractivity contribution is 5.97. The third-order valence-electron chi connectivity index (χ3n) is 6.44. The molecular formula is C23H21N3O4. The van der Waals surface area contributed by atoms with Gasteiger partial charge in [-0.05, 0) is 36.2 Å². The highest BCUT2D eigenvalue weighted by Crippen LogP contribution is 2.44. The molecule has 0 aliphatic carbocycles. The summed E-state index contributed by atoms with van der Waals surface area (Å²) < 4.78 is 11.0. The molecule has 4 heterocycles. The van der Waals surface area contributed by atoms with Crippen LogP contribution >= 0.6 is 0 Å². The lowest BCUT2D eigenvalue weighted by Gasteiger charge is -2.46. The van der Waals surface area contributed by atoms with Gasteiger partial charge in [0.15, 0.2) is 11.5 Å². The molecule has 6 rings (SSSR count). The number of benzene rings is 2. The van der Waals surface area contributed by atoms with Gasteiger partial charge in [-0.15, -0.1) is 0 Å². The molecule has 0 radical (unpaired) electrons. The maximum atomic E-state index is 13.2. The first kappa shape index (κ1) is 17.4. The third kappa shape index (κ3) is 2.32. The Balaban J connectivity index is 1.57. The van der Waals surface area contributed by atoms with E-state index in [1.54, 1.807) is 9.80 Å². The fourth-order valence-electron chi connectivity index (χ4n) is 5.02. The second-order valence-corrected chi connectivity index (χ2v) is 7.95. The first-order valence-electron chi connectivity index (χ1n) is 10.2. The van der Waals surface area contributed by atoms with Crippen molar-refractivity contribution in [3.63, 3.8) is 0 Å². The first-order valence-corrected chi connectivity index (χ1v) is 10.2. The fourth-order valence-corrected chi connectivity index (χ4v) is 5.02. The van der Waals surface area contributed by atoms with Crippen molar-refractivity contribution in [2.24, 2.45) is 0 Å². The number of hydrogen-bond acceptors (Lipinski definition) is 4. The summed E-state index contributed by atoms with van der Waals surface area (Å²) in [7, 11) is 0. The zero-order valence-electron chi connectivity index (χ0n) is 16.6. The Hall–Kier alpha value is -3.48. The number of hydrogen-bond donors (Lipinski definition) is 1. The number of aromatic nitrogens is 1. The molecule has 3 aliphatic rings. The van der Waals surface area contributed by atoms with E-state index >= 15 is 0 Å². The van der Waals surface area contributed by atoms with E-state index in [0.717, 1.165) is 27.7 Å². The Morgan fingerprint density at radius 1 is 1.10 bits per heavy atom. The number of H-pyrrole nitrogens is 1. The third-order valence-corrected chi connectivity index (χ3v) is 6.44. The summed E-state index contributed by atoms with van der Waals surface area (Å²) >= 11 is 0. The molecular weight excluding hydrogens is 382 g/mol. The molecule has 1 aromatic heterocycles. The highest BCUT2D eigenvalue weighted by atomic mass is 16.7. The van der Waals surface area contributed by atoms with E-state index in [9.17, 15) is 9.59 Å². The average molecular weight is 403 g/mol. The summed E-state index contributed by atoms with van der Waals surface area (Å²) in [5.41, 5.74) is 3.99. The Morgan fingerprint density at radius 2 is 1.93 bits per heavy atom. The van der Waals surface area contributed by atoms with Crippen LogP contribution in [0, 0.1) is 0 Å². The van der Waals surface area contributed by atoms with Crippen molar-refractivity contribution in [2.45, 2.75) is 25.4 Å². The molecule has 0 spiro atoms. The molecule has 0 bridgehead atoms. The van der Waals surface area contributed by atoms with Crippen LogP contribution in [0.4, 0.5) is 0 Å². The number of nitrogens with zero attached hydrogens (tertiary/aromatic N) is 2. The smallest absolute Gasteiger partial charge is 0.246 e. The summed E-state index contributed by atoms with van der Waals surface area (Å²) in [6, 6.07) is 13.0. The number of para-hydroxylation sites is 1. The predicted octanol–water partition coefficient (Wildman–Crippen LogP) is 2.60. The van der Waals surface area contributed by atoms with Crippen LogP contribution in [0.2, 0.25) is 0 Å². The van der Waals surface area contributed by atoms with Crippen molar-refractivity contribution in [1.29, 1.82) is 0 Å². The van der Waals surface area contributed by atoms with Gasteiger partial charge in [0.05, 0.1) is 12.6 Å². The SMILES string of the molecule is CCN1CC(=O)N2[C@H](c3ccc4c(c3)OCO4)c3[nH]c4ccccc4c3C[C@H]2C1=O. The van der Waals surface area contributed by atoms with Crippen molar-refractivity contribution in [2.75, 3.05) is 19.9 Å². The molecule has 1 N–H and O–H groups in total. The van der Waals surface area contributed by atoms with Crippen LogP contribution in [-0.4, -0.2) is 52.5 Å². The predicted molar refractivity (Wildman–Crippen MR) is 109 cm³/mol. The van der Waals surface area contributed by atoms with Crippen LogP contribution in [0.5, 0.6) is 11.5 Å². The number of piperazine rings is 1. The maximum absolute atomic E-state index is 13.2. The van der Waals surface area contributed by atoms with E-state index in [2.05, 4.69) is 11.1 Å². The molecule has 152 valence electrons. The average Bonchev–Trinajstić information content (AvgIpc) is 3.38. The minimum absolute atomic E-state index is 0.0128. The largest absolute Gasteiger partial charge is 0.454 e. The Bertz CT molecular complexity index is 1200.